The maximum Gasteiger partial charge on any atom is 0.130 e. The molecule has 0 amide bonds. The van der Waals surface area contributed by atoms with Crippen LogP contribution in [0, 0.1) is 0 Å². The van der Waals surface area contributed by atoms with Gasteiger partial charge in [0.15, 0.2) is 0 Å². The van der Waals surface area contributed by atoms with Gasteiger partial charge in [-0.05, 0) is 26.7 Å². The van der Waals surface area contributed by atoms with E-state index in [1.165, 1.54) is 5.57 Å². The van der Waals surface area contributed by atoms with Crippen LogP contribution in [0.2, 0.25) is 0 Å². The molecule has 0 bridgehead atoms. The molecule has 0 aromatic rings. The van der Waals surface area contributed by atoms with Gasteiger partial charge >= 0.3 is 0 Å². The molecule has 0 N–H and O–H groups in total. The molecular weight excluding hydrogens is 148 g/mol. The fourth-order valence-electron chi connectivity index (χ4n) is 0.946. The van der Waals surface area contributed by atoms with E-state index in [1.54, 1.807) is 6.92 Å². The van der Waals surface area contributed by atoms with Crippen LogP contribution in [-0.2, 0) is 4.79 Å². The van der Waals surface area contributed by atoms with Crippen molar-refractivity contribution in [3.63, 3.8) is 0 Å². The van der Waals surface area contributed by atoms with E-state index in [9.17, 15) is 4.79 Å². The third-order valence-electron chi connectivity index (χ3n) is 1.57. The highest BCUT2D eigenvalue weighted by molar-refractivity contribution is 5.75. The van der Waals surface area contributed by atoms with Crippen LogP contribution in [0.1, 0.15) is 40.0 Å². The molecule has 0 spiro atoms. The van der Waals surface area contributed by atoms with Crippen LogP contribution in [0.25, 0.3) is 0 Å². The Balaban J connectivity index is 3.61. The highest BCUT2D eigenvalue weighted by Gasteiger charge is 1.88. The van der Waals surface area contributed by atoms with Gasteiger partial charge in [0, 0.05) is 6.42 Å². The largest absolute Gasteiger partial charge is 0.300 e. The maximum absolute atomic E-state index is 10.6. The van der Waals surface area contributed by atoms with E-state index in [-0.39, 0.29) is 5.78 Å². The molecule has 0 heterocycles. The van der Waals surface area contributed by atoms with Gasteiger partial charge in [-0.25, -0.2) is 0 Å². The van der Waals surface area contributed by atoms with Gasteiger partial charge in [0.05, 0.1) is 0 Å². The van der Waals surface area contributed by atoms with Gasteiger partial charge in [-0.2, -0.15) is 0 Å². The molecule has 1 nitrogen and oxygen atoms in total. The molecule has 0 aliphatic rings. The van der Waals surface area contributed by atoms with E-state index in [2.05, 4.69) is 32.1 Å². The average Bonchev–Trinajstić information content (AvgIpc) is 1.98. The molecule has 0 saturated carbocycles. The maximum atomic E-state index is 10.6. The van der Waals surface area contributed by atoms with Crippen molar-refractivity contribution in [3.05, 3.63) is 23.8 Å². The van der Waals surface area contributed by atoms with Gasteiger partial charge < -0.3 is 4.79 Å². The van der Waals surface area contributed by atoms with Crippen molar-refractivity contribution in [1.29, 1.82) is 0 Å². The van der Waals surface area contributed by atoms with E-state index < -0.39 is 0 Å². The van der Waals surface area contributed by atoms with Crippen LogP contribution in [-0.4, -0.2) is 5.78 Å². The van der Waals surface area contributed by atoms with Gasteiger partial charge in [0.1, 0.15) is 5.78 Å². The number of hydrogen-bond donors (Lipinski definition) is 0. The first kappa shape index (κ1) is 11.2. The predicted octanol–water partition coefficient (Wildman–Crippen LogP) is 3.27. The van der Waals surface area contributed by atoms with Crippen molar-refractivity contribution in [1.82, 2.24) is 0 Å². The summed E-state index contributed by atoms with van der Waals surface area (Å²) in [6.07, 6.45) is 8.91. The lowest BCUT2D eigenvalue weighted by Crippen LogP contribution is -1.86. The SMILES string of the molecule is CC/C=C(C)\C=C/CCC(C)=O. The molecular formula is C11H18O. The van der Waals surface area contributed by atoms with E-state index in [1.807, 2.05) is 0 Å². The highest BCUT2D eigenvalue weighted by atomic mass is 16.1. The topological polar surface area (TPSA) is 17.1 Å². The van der Waals surface area contributed by atoms with Crippen LogP contribution >= 0.6 is 0 Å². The lowest BCUT2D eigenvalue weighted by molar-refractivity contribution is -0.116. The fraction of sp³-hybridized carbons (Fsp3) is 0.545. The number of rotatable bonds is 5. The minimum atomic E-state index is 0.261. The summed E-state index contributed by atoms with van der Waals surface area (Å²) in [6.45, 7) is 5.82. The van der Waals surface area contributed by atoms with Crippen molar-refractivity contribution < 1.29 is 4.79 Å². The normalized spacial score (nSPS) is 12.4. The van der Waals surface area contributed by atoms with E-state index in [4.69, 9.17) is 0 Å². The molecule has 0 rings (SSSR count). The molecule has 0 aromatic carbocycles. The van der Waals surface area contributed by atoms with Crippen LogP contribution in [0.4, 0.5) is 0 Å². The van der Waals surface area contributed by atoms with Gasteiger partial charge in [-0.15, -0.1) is 0 Å². The smallest absolute Gasteiger partial charge is 0.130 e. The second-order valence-corrected chi connectivity index (χ2v) is 3.00. The summed E-state index contributed by atoms with van der Waals surface area (Å²) in [5, 5.41) is 0. The van der Waals surface area contributed by atoms with E-state index >= 15 is 0 Å². The Hall–Kier alpha value is -0.850. The van der Waals surface area contributed by atoms with Crippen molar-refractivity contribution in [2.24, 2.45) is 0 Å². The summed E-state index contributed by atoms with van der Waals surface area (Å²) in [4.78, 5) is 10.6. The minimum absolute atomic E-state index is 0.261. The first-order valence-electron chi connectivity index (χ1n) is 4.49. The Labute approximate surface area is 75.2 Å². The summed E-state index contributed by atoms with van der Waals surface area (Å²) in [5.74, 6) is 0.261. The number of carbonyl (C=O) groups is 1. The standard InChI is InChI=1S/C11H18O/c1-4-7-10(2)8-5-6-9-11(3)12/h5,7-8H,4,6,9H2,1-3H3/b8-5-,10-7-. The molecule has 0 saturated heterocycles. The summed E-state index contributed by atoms with van der Waals surface area (Å²) >= 11 is 0. The predicted molar refractivity (Wildman–Crippen MR) is 53.1 cm³/mol. The zero-order valence-corrected chi connectivity index (χ0v) is 8.26. The van der Waals surface area contributed by atoms with Crippen LogP contribution in [0.5, 0.6) is 0 Å². The average molecular weight is 166 g/mol. The molecule has 0 fully saturated rings. The first-order valence-corrected chi connectivity index (χ1v) is 4.49. The Morgan fingerprint density at radius 3 is 2.50 bits per heavy atom. The van der Waals surface area contributed by atoms with Crippen LogP contribution in [0.15, 0.2) is 23.8 Å². The quantitative estimate of drug-likeness (QED) is 0.573. The molecule has 0 radical (unpaired) electrons. The van der Waals surface area contributed by atoms with E-state index in [0.717, 1.165) is 12.8 Å². The molecule has 1 heteroatoms. The molecule has 0 aromatic heterocycles. The van der Waals surface area contributed by atoms with Crippen LogP contribution in [0.3, 0.4) is 0 Å². The lowest BCUT2D eigenvalue weighted by Gasteiger charge is -1.90. The molecule has 0 aliphatic heterocycles. The second-order valence-electron chi connectivity index (χ2n) is 3.00. The summed E-state index contributed by atoms with van der Waals surface area (Å²) in [7, 11) is 0. The summed E-state index contributed by atoms with van der Waals surface area (Å²) in [5.41, 5.74) is 1.28. The summed E-state index contributed by atoms with van der Waals surface area (Å²) < 4.78 is 0. The summed E-state index contributed by atoms with van der Waals surface area (Å²) in [6, 6.07) is 0. The third kappa shape index (κ3) is 7.26. The lowest BCUT2D eigenvalue weighted by atomic mass is 10.2. The molecule has 0 unspecified atom stereocenters. The van der Waals surface area contributed by atoms with Gasteiger partial charge in [-0.3, -0.25) is 0 Å². The minimum Gasteiger partial charge on any atom is -0.300 e. The van der Waals surface area contributed by atoms with Crippen molar-refractivity contribution in [2.45, 2.75) is 40.0 Å². The number of allylic oxidation sites excluding steroid dienone is 4. The zero-order chi connectivity index (χ0) is 9.40. The molecule has 0 aliphatic carbocycles. The highest BCUT2D eigenvalue weighted by Crippen LogP contribution is 1.99. The number of Topliss-reactive ketones (excluding diaryl/α,β-unsaturated/α-hetero) is 1. The van der Waals surface area contributed by atoms with Crippen molar-refractivity contribution >= 4 is 5.78 Å². The van der Waals surface area contributed by atoms with Gasteiger partial charge in [0.25, 0.3) is 0 Å². The monoisotopic (exact) mass is 166 g/mol. The molecule has 68 valence electrons. The molecule has 12 heavy (non-hydrogen) atoms. The number of hydrogen-bond acceptors (Lipinski definition) is 1. The number of carbonyl (C=O) groups excluding carboxylic acids is 1. The third-order valence-corrected chi connectivity index (χ3v) is 1.57. The Morgan fingerprint density at radius 1 is 1.33 bits per heavy atom. The van der Waals surface area contributed by atoms with Crippen molar-refractivity contribution in [2.75, 3.05) is 0 Å². The van der Waals surface area contributed by atoms with Crippen molar-refractivity contribution in [3.8, 4) is 0 Å². The Kier molecular flexibility index (Phi) is 6.35. The molecule has 0 atom stereocenters. The Morgan fingerprint density at radius 2 is 2.00 bits per heavy atom. The second kappa shape index (κ2) is 6.84. The van der Waals surface area contributed by atoms with Gasteiger partial charge in [0.2, 0.25) is 0 Å². The first-order chi connectivity index (χ1) is 5.66. The fourth-order valence-corrected chi connectivity index (χ4v) is 0.946. The Bertz CT molecular complexity index is 187. The van der Waals surface area contributed by atoms with Crippen LogP contribution < -0.4 is 0 Å². The number of ketones is 1. The van der Waals surface area contributed by atoms with E-state index in [0.29, 0.717) is 6.42 Å². The van der Waals surface area contributed by atoms with Gasteiger partial charge in [-0.1, -0.05) is 30.7 Å². The zero-order valence-electron chi connectivity index (χ0n) is 8.26.